The van der Waals surface area contributed by atoms with Gasteiger partial charge < -0.3 is 14.4 Å². The molecule has 0 spiro atoms. The average Bonchev–Trinajstić information content (AvgIpc) is 2.63. The second-order valence-electron chi connectivity index (χ2n) is 6.46. The number of hydrogen-bond acceptors (Lipinski definition) is 4. The molecule has 0 aromatic heterocycles. The van der Waals surface area contributed by atoms with Gasteiger partial charge in [0.25, 0.3) is 0 Å². The average molecular weight is 391 g/mol. The summed E-state index contributed by atoms with van der Waals surface area (Å²) >= 11 is 0. The van der Waals surface area contributed by atoms with Gasteiger partial charge in [-0.15, -0.1) is 0 Å². The third-order valence-electron chi connectivity index (χ3n) is 4.17. The molecule has 27 heavy (non-hydrogen) atoms. The number of nitrogens with zero attached hydrogens (tertiary/aromatic N) is 1. The van der Waals surface area contributed by atoms with Crippen molar-refractivity contribution in [2.75, 3.05) is 6.26 Å². The van der Waals surface area contributed by atoms with Crippen LogP contribution in [-0.4, -0.2) is 31.6 Å². The smallest absolute Gasteiger partial charge is 0.318 e. The quantitative estimate of drug-likeness (QED) is 0.700. The van der Waals surface area contributed by atoms with Crippen LogP contribution in [-0.2, 0) is 23.2 Å². The highest BCUT2D eigenvalue weighted by Crippen LogP contribution is 2.18. The molecule has 0 saturated heterocycles. The molecule has 1 atom stereocenters. The Morgan fingerprint density at radius 1 is 1.11 bits per heavy atom. The van der Waals surface area contributed by atoms with E-state index in [0.717, 1.165) is 23.8 Å². The Morgan fingerprint density at radius 2 is 1.78 bits per heavy atom. The van der Waals surface area contributed by atoms with Gasteiger partial charge in [0.1, 0.15) is 5.75 Å². The first-order chi connectivity index (χ1) is 12.8. The summed E-state index contributed by atoms with van der Waals surface area (Å²) in [7, 11) is -3.59. The fourth-order valence-corrected chi connectivity index (χ4v) is 3.04. The predicted octanol–water partition coefficient (Wildman–Crippen LogP) is 3.54. The van der Waals surface area contributed by atoms with Crippen molar-refractivity contribution in [2.24, 2.45) is 0 Å². The summed E-state index contributed by atoms with van der Waals surface area (Å²) in [5, 5.41) is 2.95. The van der Waals surface area contributed by atoms with Gasteiger partial charge in [0.05, 0.1) is 6.26 Å². The summed E-state index contributed by atoms with van der Waals surface area (Å²) in [6.07, 6.45) is 1.81. The zero-order valence-electron chi connectivity index (χ0n) is 15.9. The molecular weight excluding hydrogens is 364 g/mol. The summed E-state index contributed by atoms with van der Waals surface area (Å²) < 4.78 is 27.6. The van der Waals surface area contributed by atoms with Gasteiger partial charge >= 0.3 is 16.1 Å². The van der Waals surface area contributed by atoms with Crippen molar-refractivity contribution < 1.29 is 17.4 Å². The first-order valence-corrected chi connectivity index (χ1v) is 10.7. The number of rotatable bonds is 8. The van der Waals surface area contributed by atoms with Gasteiger partial charge in [-0.25, -0.2) is 4.79 Å². The molecule has 7 heteroatoms. The number of carbonyl (C=O) groups is 1. The van der Waals surface area contributed by atoms with Gasteiger partial charge in [-0.2, -0.15) is 8.42 Å². The number of hydrogen-bond donors (Lipinski definition) is 1. The number of nitrogens with one attached hydrogen (secondary N) is 1. The number of amides is 2. The Labute approximate surface area is 161 Å². The van der Waals surface area contributed by atoms with Crippen molar-refractivity contribution in [3.05, 3.63) is 65.7 Å². The standard InChI is InChI=1S/C20H26N2O4S/c1-4-16(2)22(20(23)21-14-17-9-6-5-7-10-17)15-18-11-8-12-19(13-18)26-27(3,24)25/h5-13,16H,4,14-15H2,1-3H3,(H,21,23). The van der Waals surface area contributed by atoms with Gasteiger partial charge in [0, 0.05) is 19.1 Å². The van der Waals surface area contributed by atoms with E-state index in [0.29, 0.717) is 13.1 Å². The van der Waals surface area contributed by atoms with Gasteiger partial charge in [0.15, 0.2) is 0 Å². The second kappa shape index (κ2) is 9.41. The Balaban J connectivity index is 2.09. The third kappa shape index (κ3) is 6.94. The molecule has 0 saturated carbocycles. The molecule has 1 unspecified atom stereocenters. The van der Waals surface area contributed by atoms with Crippen LogP contribution in [0.25, 0.3) is 0 Å². The van der Waals surface area contributed by atoms with Gasteiger partial charge in [0.2, 0.25) is 0 Å². The predicted molar refractivity (Wildman–Crippen MR) is 106 cm³/mol. The molecule has 6 nitrogen and oxygen atoms in total. The summed E-state index contributed by atoms with van der Waals surface area (Å²) in [6, 6.07) is 16.4. The molecule has 0 radical (unpaired) electrons. The van der Waals surface area contributed by atoms with Crippen molar-refractivity contribution in [1.29, 1.82) is 0 Å². The normalized spacial score (nSPS) is 12.3. The number of benzene rings is 2. The molecule has 0 fully saturated rings. The van der Waals surface area contributed by atoms with Gasteiger partial charge in [-0.3, -0.25) is 0 Å². The van der Waals surface area contributed by atoms with Crippen LogP contribution in [0.15, 0.2) is 54.6 Å². The molecule has 0 aliphatic rings. The zero-order chi connectivity index (χ0) is 19.9. The summed E-state index contributed by atoms with van der Waals surface area (Å²) in [5.74, 6) is 0.240. The minimum atomic E-state index is -3.59. The Hall–Kier alpha value is -2.54. The van der Waals surface area contributed by atoms with Crippen LogP contribution in [0.4, 0.5) is 4.79 Å². The van der Waals surface area contributed by atoms with Crippen molar-refractivity contribution >= 4 is 16.1 Å². The molecule has 0 heterocycles. The number of urea groups is 1. The Kier molecular flexibility index (Phi) is 7.24. The monoisotopic (exact) mass is 390 g/mol. The van der Waals surface area contributed by atoms with Gasteiger partial charge in [-0.1, -0.05) is 49.4 Å². The highest BCUT2D eigenvalue weighted by atomic mass is 32.2. The van der Waals surface area contributed by atoms with E-state index in [1.807, 2.05) is 50.2 Å². The topological polar surface area (TPSA) is 75.7 Å². The van der Waals surface area contributed by atoms with Crippen molar-refractivity contribution in [1.82, 2.24) is 10.2 Å². The molecule has 0 aliphatic carbocycles. The lowest BCUT2D eigenvalue weighted by Crippen LogP contribution is -2.44. The molecule has 0 aliphatic heterocycles. The van der Waals surface area contributed by atoms with Crippen LogP contribution in [0.1, 0.15) is 31.4 Å². The van der Waals surface area contributed by atoms with Crippen LogP contribution in [0.5, 0.6) is 5.75 Å². The lowest BCUT2D eigenvalue weighted by molar-refractivity contribution is 0.173. The SMILES string of the molecule is CCC(C)N(Cc1cccc(OS(C)(=O)=O)c1)C(=O)NCc1ccccc1. The van der Waals surface area contributed by atoms with E-state index < -0.39 is 10.1 Å². The highest BCUT2D eigenvalue weighted by Gasteiger charge is 2.19. The summed E-state index contributed by atoms with van der Waals surface area (Å²) in [5.41, 5.74) is 1.82. The van der Waals surface area contributed by atoms with E-state index in [4.69, 9.17) is 4.18 Å². The molecular formula is C20H26N2O4S. The van der Waals surface area contributed by atoms with Crippen molar-refractivity contribution in [3.8, 4) is 5.75 Å². The van der Waals surface area contributed by atoms with Crippen LogP contribution in [0.2, 0.25) is 0 Å². The lowest BCUT2D eigenvalue weighted by Gasteiger charge is -2.29. The summed E-state index contributed by atoms with van der Waals surface area (Å²) in [4.78, 5) is 14.5. The van der Waals surface area contributed by atoms with E-state index >= 15 is 0 Å². The van der Waals surface area contributed by atoms with E-state index in [-0.39, 0.29) is 17.8 Å². The molecule has 2 amide bonds. The maximum atomic E-state index is 12.7. The first kappa shape index (κ1) is 20.8. The van der Waals surface area contributed by atoms with E-state index in [2.05, 4.69) is 5.32 Å². The second-order valence-corrected chi connectivity index (χ2v) is 8.04. The Bertz CT molecular complexity index is 853. The number of carbonyl (C=O) groups excluding carboxylic acids is 1. The van der Waals surface area contributed by atoms with E-state index in [1.165, 1.54) is 0 Å². The molecule has 0 bridgehead atoms. The van der Waals surface area contributed by atoms with E-state index in [1.54, 1.807) is 23.1 Å². The molecule has 2 aromatic carbocycles. The molecule has 146 valence electrons. The molecule has 2 aromatic rings. The van der Waals surface area contributed by atoms with E-state index in [9.17, 15) is 13.2 Å². The van der Waals surface area contributed by atoms with Gasteiger partial charge in [-0.05, 0) is 36.6 Å². The third-order valence-corrected chi connectivity index (χ3v) is 4.66. The lowest BCUT2D eigenvalue weighted by atomic mass is 10.1. The van der Waals surface area contributed by atoms with Crippen molar-refractivity contribution in [3.63, 3.8) is 0 Å². The highest BCUT2D eigenvalue weighted by molar-refractivity contribution is 7.86. The minimum absolute atomic E-state index is 0.0280. The Morgan fingerprint density at radius 3 is 2.41 bits per heavy atom. The maximum absolute atomic E-state index is 12.7. The molecule has 1 N–H and O–H groups in total. The van der Waals surface area contributed by atoms with Crippen molar-refractivity contribution in [2.45, 2.75) is 39.4 Å². The fraction of sp³-hybridized carbons (Fsp3) is 0.350. The largest absolute Gasteiger partial charge is 0.383 e. The zero-order valence-corrected chi connectivity index (χ0v) is 16.7. The van der Waals surface area contributed by atoms with Crippen LogP contribution < -0.4 is 9.50 Å². The molecule has 2 rings (SSSR count). The van der Waals surface area contributed by atoms with Crippen LogP contribution in [0, 0.1) is 0 Å². The van der Waals surface area contributed by atoms with Crippen LogP contribution >= 0.6 is 0 Å². The maximum Gasteiger partial charge on any atom is 0.318 e. The summed E-state index contributed by atoms with van der Waals surface area (Å²) in [6.45, 7) is 4.81. The first-order valence-electron chi connectivity index (χ1n) is 8.85. The minimum Gasteiger partial charge on any atom is -0.383 e. The fourth-order valence-electron chi connectivity index (χ4n) is 2.59. The van der Waals surface area contributed by atoms with Crippen LogP contribution in [0.3, 0.4) is 0 Å².